The van der Waals surface area contributed by atoms with Crippen LogP contribution in [0.5, 0.6) is 11.5 Å². The summed E-state index contributed by atoms with van der Waals surface area (Å²) < 4.78 is 52.0. The number of alkyl halides is 3. The van der Waals surface area contributed by atoms with E-state index in [1.807, 2.05) is 0 Å². The number of aliphatic hydroxyl groups excluding tert-OH is 1. The van der Waals surface area contributed by atoms with Crippen LogP contribution in [0.15, 0.2) is 41.0 Å². The van der Waals surface area contributed by atoms with Gasteiger partial charge in [0.05, 0.1) is 12.3 Å². The van der Waals surface area contributed by atoms with Crippen molar-refractivity contribution in [1.82, 2.24) is 5.32 Å². The molecule has 26 heavy (non-hydrogen) atoms. The number of fused-ring (bicyclic) bond motifs is 1. The number of rotatable bonds is 3. The molecule has 0 spiro atoms. The van der Waals surface area contributed by atoms with Gasteiger partial charge in [-0.15, -0.1) is 13.2 Å². The molecule has 9 heteroatoms. The summed E-state index contributed by atoms with van der Waals surface area (Å²) >= 11 is 0. The van der Waals surface area contributed by atoms with Gasteiger partial charge in [-0.25, -0.2) is 0 Å². The molecule has 2 atom stereocenters. The molecule has 2 unspecified atom stereocenters. The van der Waals surface area contributed by atoms with Crippen molar-refractivity contribution in [3.63, 3.8) is 0 Å². The average molecular weight is 371 g/mol. The van der Waals surface area contributed by atoms with E-state index in [0.717, 1.165) is 12.1 Å². The number of carbonyl (C=O) groups excluding carboxylic acids is 1. The molecule has 0 radical (unpaired) electrons. The Morgan fingerprint density at radius 2 is 2.04 bits per heavy atom. The van der Waals surface area contributed by atoms with Gasteiger partial charge >= 0.3 is 6.36 Å². The highest BCUT2D eigenvalue weighted by atomic mass is 19.4. The third-order valence-electron chi connectivity index (χ3n) is 3.98. The summed E-state index contributed by atoms with van der Waals surface area (Å²) in [6, 6.07) is 5.40. The van der Waals surface area contributed by atoms with Gasteiger partial charge in [-0.05, 0) is 44.2 Å². The zero-order valence-electron chi connectivity index (χ0n) is 13.8. The Labute approximate surface area is 146 Å². The zero-order chi connectivity index (χ0) is 19.1. The van der Waals surface area contributed by atoms with Gasteiger partial charge in [-0.1, -0.05) is 0 Å². The van der Waals surface area contributed by atoms with Gasteiger partial charge in [-0.2, -0.15) is 0 Å². The van der Waals surface area contributed by atoms with Gasteiger partial charge in [0.25, 0.3) is 5.91 Å². The highest BCUT2D eigenvalue weighted by Gasteiger charge is 2.44. The van der Waals surface area contributed by atoms with E-state index < -0.39 is 35.8 Å². The first-order chi connectivity index (χ1) is 12.1. The van der Waals surface area contributed by atoms with E-state index in [-0.39, 0.29) is 17.1 Å². The normalized spacial score (nSPS) is 21.5. The van der Waals surface area contributed by atoms with E-state index in [0.29, 0.717) is 0 Å². The Bertz CT molecular complexity index is 801. The van der Waals surface area contributed by atoms with Gasteiger partial charge in [-0.3, -0.25) is 4.79 Å². The summed E-state index contributed by atoms with van der Waals surface area (Å²) in [5.41, 5.74) is -0.918. The van der Waals surface area contributed by atoms with Crippen LogP contribution in [-0.4, -0.2) is 29.1 Å². The number of aliphatic hydroxyl groups is 1. The maximum absolute atomic E-state index is 12.5. The molecule has 2 heterocycles. The number of furan rings is 1. The Morgan fingerprint density at radius 1 is 1.31 bits per heavy atom. The van der Waals surface area contributed by atoms with E-state index in [1.165, 1.54) is 24.5 Å². The molecule has 140 valence electrons. The van der Waals surface area contributed by atoms with E-state index in [1.54, 1.807) is 13.8 Å². The standard InChI is InChI=1S/C17H16F3NO5/c1-16(2)14(22)13(21-15(23)12-4-3-7-24-12)10-8-9(25-17(18,19)20)5-6-11(10)26-16/h3-8,13-14,22H,1-2H3,(H,21,23). The Hall–Kier alpha value is -2.68. The lowest BCUT2D eigenvalue weighted by Gasteiger charge is -2.42. The number of hydrogen-bond acceptors (Lipinski definition) is 5. The largest absolute Gasteiger partial charge is 0.573 e. The Morgan fingerprint density at radius 3 is 2.65 bits per heavy atom. The Balaban J connectivity index is 1.97. The molecule has 2 N–H and O–H groups in total. The van der Waals surface area contributed by atoms with Crippen molar-refractivity contribution >= 4 is 5.91 Å². The minimum atomic E-state index is -4.87. The molecule has 1 aliphatic rings. The van der Waals surface area contributed by atoms with Crippen LogP contribution < -0.4 is 14.8 Å². The maximum Gasteiger partial charge on any atom is 0.573 e. The first-order valence-electron chi connectivity index (χ1n) is 7.68. The molecule has 1 aliphatic heterocycles. The fourth-order valence-corrected chi connectivity index (χ4v) is 2.75. The van der Waals surface area contributed by atoms with Crippen molar-refractivity contribution in [2.75, 3.05) is 0 Å². The maximum atomic E-state index is 12.5. The number of nitrogens with one attached hydrogen (secondary N) is 1. The van der Waals surface area contributed by atoms with Crippen molar-refractivity contribution in [3.05, 3.63) is 47.9 Å². The molecule has 3 rings (SSSR count). The SMILES string of the molecule is CC1(C)Oc2ccc(OC(F)(F)F)cc2C(NC(=O)c2ccco2)C1O. The number of ether oxygens (including phenoxy) is 2. The monoisotopic (exact) mass is 371 g/mol. The topological polar surface area (TPSA) is 80.9 Å². The average Bonchev–Trinajstić information content (AvgIpc) is 3.05. The number of hydrogen-bond donors (Lipinski definition) is 2. The molecule has 0 aliphatic carbocycles. The fourth-order valence-electron chi connectivity index (χ4n) is 2.75. The van der Waals surface area contributed by atoms with Crippen molar-refractivity contribution in [2.45, 2.75) is 38.0 Å². The second-order valence-corrected chi connectivity index (χ2v) is 6.33. The molecule has 1 aromatic carbocycles. The summed E-state index contributed by atoms with van der Waals surface area (Å²) in [4.78, 5) is 12.3. The molecule has 0 saturated carbocycles. The quantitative estimate of drug-likeness (QED) is 0.866. The van der Waals surface area contributed by atoms with Gasteiger partial charge < -0.3 is 24.3 Å². The van der Waals surface area contributed by atoms with Gasteiger partial charge in [0.15, 0.2) is 5.76 Å². The lowest BCUT2D eigenvalue weighted by atomic mass is 9.86. The van der Waals surface area contributed by atoms with Crippen LogP contribution in [0.3, 0.4) is 0 Å². The second-order valence-electron chi connectivity index (χ2n) is 6.33. The molecule has 1 aromatic heterocycles. The van der Waals surface area contributed by atoms with E-state index in [4.69, 9.17) is 9.15 Å². The second kappa shape index (κ2) is 6.24. The van der Waals surface area contributed by atoms with Gasteiger partial charge in [0.2, 0.25) is 0 Å². The lowest BCUT2D eigenvalue weighted by Crippen LogP contribution is -2.53. The van der Waals surface area contributed by atoms with Crippen LogP contribution in [0.1, 0.15) is 36.0 Å². The molecular formula is C17H16F3NO5. The van der Waals surface area contributed by atoms with Crippen LogP contribution in [0.2, 0.25) is 0 Å². The zero-order valence-corrected chi connectivity index (χ0v) is 13.8. The molecule has 0 bridgehead atoms. The van der Waals surface area contributed by atoms with E-state index in [2.05, 4.69) is 10.1 Å². The van der Waals surface area contributed by atoms with Crippen molar-refractivity contribution in [2.24, 2.45) is 0 Å². The minimum Gasteiger partial charge on any atom is -0.485 e. The third kappa shape index (κ3) is 3.62. The number of benzene rings is 1. The third-order valence-corrected chi connectivity index (χ3v) is 3.98. The lowest BCUT2D eigenvalue weighted by molar-refractivity contribution is -0.274. The Kier molecular flexibility index (Phi) is 4.35. The summed E-state index contributed by atoms with van der Waals surface area (Å²) in [7, 11) is 0. The van der Waals surface area contributed by atoms with Crippen LogP contribution in [-0.2, 0) is 0 Å². The van der Waals surface area contributed by atoms with Crippen LogP contribution in [0.4, 0.5) is 13.2 Å². The predicted molar refractivity (Wildman–Crippen MR) is 82.8 cm³/mol. The smallest absolute Gasteiger partial charge is 0.485 e. The summed E-state index contributed by atoms with van der Waals surface area (Å²) in [5.74, 6) is -0.862. The summed E-state index contributed by atoms with van der Waals surface area (Å²) in [6.07, 6.45) is -4.79. The fraction of sp³-hybridized carbons (Fsp3) is 0.353. The molecule has 0 fully saturated rings. The van der Waals surface area contributed by atoms with E-state index in [9.17, 15) is 23.1 Å². The predicted octanol–water partition coefficient (Wildman–Crippen LogP) is 3.18. The van der Waals surface area contributed by atoms with Gasteiger partial charge in [0, 0.05) is 5.56 Å². The van der Waals surface area contributed by atoms with Crippen molar-refractivity contribution in [3.8, 4) is 11.5 Å². The first kappa shape index (κ1) is 18.1. The number of carbonyl (C=O) groups is 1. The molecule has 0 saturated heterocycles. The van der Waals surface area contributed by atoms with Crippen molar-refractivity contribution in [1.29, 1.82) is 0 Å². The van der Waals surface area contributed by atoms with E-state index >= 15 is 0 Å². The molecule has 2 aromatic rings. The summed E-state index contributed by atoms with van der Waals surface area (Å²) in [6.45, 7) is 3.21. The van der Waals surface area contributed by atoms with Gasteiger partial charge in [0.1, 0.15) is 23.2 Å². The number of amides is 1. The van der Waals surface area contributed by atoms with Crippen LogP contribution in [0, 0.1) is 0 Å². The molecular weight excluding hydrogens is 355 g/mol. The first-order valence-corrected chi connectivity index (χ1v) is 7.68. The highest BCUT2D eigenvalue weighted by molar-refractivity contribution is 5.91. The number of halogens is 3. The minimum absolute atomic E-state index is 0.00532. The van der Waals surface area contributed by atoms with Crippen LogP contribution in [0.25, 0.3) is 0 Å². The highest BCUT2D eigenvalue weighted by Crippen LogP contribution is 2.42. The van der Waals surface area contributed by atoms with Crippen LogP contribution >= 0.6 is 0 Å². The van der Waals surface area contributed by atoms with Crippen molar-refractivity contribution < 1.29 is 37.0 Å². The molecule has 1 amide bonds. The summed E-state index contributed by atoms with van der Waals surface area (Å²) in [5, 5.41) is 13.2. The molecule has 6 nitrogen and oxygen atoms in total.